The second-order valence-electron chi connectivity index (χ2n) is 4.72. The summed E-state index contributed by atoms with van der Waals surface area (Å²) in [4.78, 5) is 16.5. The molecule has 0 fully saturated rings. The largest absolute Gasteiger partial charge is 0.392 e. The van der Waals surface area contributed by atoms with E-state index in [1.54, 1.807) is 12.3 Å². The van der Waals surface area contributed by atoms with Crippen molar-refractivity contribution in [2.75, 3.05) is 18.5 Å². The lowest BCUT2D eigenvalue weighted by molar-refractivity contribution is -0.384. The average Bonchev–Trinajstić information content (AvgIpc) is 2.52. The number of nitro groups is 1. The summed E-state index contributed by atoms with van der Waals surface area (Å²) < 4.78 is 0. The van der Waals surface area contributed by atoms with Gasteiger partial charge in [0.2, 0.25) is 0 Å². The van der Waals surface area contributed by atoms with Gasteiger partial charge in [0.25, 0.3) is 5.69 Å². The number of pyridine rings is 1. The highest BCUT2D eigenvalue weighted by Crippen LogP contribution is 2.25. The summed E-state index contributed by atoms with van der Waals surface area (Å²) in [5.74, 6) is 0. The Morgan fingerprint density at radius 2 is 2.14 bits per heavy atom. The molecule has 0 saturated heterocycles. The molecule has 110 valence electrons. The normalized spacial score (nSPS) is 10.4. The number of rotatable bonds is 6. The fraction of sp³-hybridized carbons (Fsp3) is 0.267. The summed E-state index contributed by atoms with van der Waals surface area (Å²) in [7, 11) is 1.89. The van der Waals surface area contributed by atoms with Crippen molar-refractivity contribution in [2.45, 2.75) is 13.0 Å². The Bertz CT molecular complexity index is 617. The lowest BCUT2D eigenvalue weighted by Gasteiger charge is -2.21. The number of nitrogens with zero attached hydrogens (tertiary/aromatic N) is 3. The van der Waals surface area contributed by atoms with Crippen molar-refractivity contribution in [3.63, 3.8) is 0 Å². The van der Waals surface area contributed by atoms with Gasteiger partial charge in [0.1, 0.15) is 0 Å². The van der Waals surface area contributed by atoms with Crippen LogP contribution >= 0.6 is 0 Å². The third kappa shape index (κ3) is 3.76. The van der Waals surface area contributed by atoms with Crippen molar-refractivity contribution in [3.8, 4) is 0 Å². The lowest BCUT2D eigenvalue weighted by Crippen LogP contribution is -2.22. The van der Waals surface area contributed by atoms with E-state index >= 15 is 0 Å². The van der Waals surface area contributed by atoms with Crippen molar-refractivity contribution < 1.29 is 10.0 Å². The fourth-order valence-electron chi connectivity index (χ4n) is 2.13. The maximum atomic E-state index is 10.8. The van der Waals surface area contributed by atoms with Crippen LogP contribution in [0.3, 0.4) is 0 Å². The summed E-state index contributed by atoms with van der Waals surface area (Å²) in [6.45, 7) is 0.479. The molecule has 0 radical (unpaired) electrons. The minimum absolute atomic E-state index is 0.0130. The highest BCUT2D eigenvalue weighted by Gasteiger charge is 2.13. The summed E-state index contributed by atoms with van der Waals surface area (Å²) >= 11 is 0. The molecule has 2 rings (SSSR count). The van der Waals surface area contributed by atoms with Gasteiger partial charge < -0.3 is 10.0 Å². The van der Waals surface area contributed by atoms with E-state index < -0.39 is 4.92 Å². The van der Waals surface area contributed by atoms with Gasteiger partial charge in [0, 0.05) is 55.3 Å². The highest BCUT2D eigenvalue weighted by atomic mass is 16.6. The zero-order chi connectivity index (χ0) is 15.2. The SMILES string of the molecule is CN(CCc1ccccn1)c1ccc([N+](=O)[O-])cc1CO. The van der Waals surface area contributed by atoms with Crippen LogP contribution in [0.4, 0.5) is 11.4 Å². The van der Waals surface area contributed by atoms with Crippen LogP contribution in [0.2, 0.25) is 0 Å². The molecule has 1 aromatic carbocycles. The van der Waals surface area contributed by atoms with Gasteiger partial charge in [-0.2, -0.15) is 0 Å². The molecule has 1 aromatic heterocycles. The Hall–Kier alpha value is -2.47. The molecule has 0 unspecified atom stereocenters. The average molecular weight is 287 g/mol. The van der Waals surface area contributed by atoms with Crippen molar-refractivity contribution in [1.29, 1.82) is 0 Å². The predicted octanol–water partition coefficient (Wildman–Crippen LogP) is 2.16. The Kier molecular flexibility index (Phi) is 4.84. The number of aliphatic hydroxyl groups excluding tert-OH is 1. The molecule has 0 bridgehead atoms. The molecule has 2 aromatic rings. The number of hydrogen-bond donors (Lipinski definition) is 1. The van der Waals surface area contributed by atoms with Gasteiger partial charge in [-0.1, -0.05) is 6.07 Å². The Morgan fingerprint density at radius 1 is 1.33 bits per heavy atom. The molecule has 0 aliphatic carbocycles. The van der Waals surface area contributed by atoms with Crippen molar-refractivity contribution in [3.05, 3.63) is 64.0 Å². The smallest absolute Gasteiger partial charge is 0.269 e. The van der Waals surface area contributed by atoms with Crippen LogP contribution < -0.4 is 4.90 Å². The van der Waals surface area contributed by atoms with Gasteiger partial charge in [0.15, 0.2) is 0 Å². The van der Waals surface area contributed by atoms with E-state index in [-0.39, 0.29) is 12.3 Å². The van der Waals surface area contributed by atoms with Gasteiger partial charge in [-0.15, -0.1) is 0 Å². The predicted molar refractivity (Wildman–Crippen MR) is 80.2 cm³/mol. The number of hydrogen-bond acceptors (Lipinski definition) is 5. The summed E-state index contributed by atoms with van der Waals surface area (Å²) in [6.07, 6.45) is 2.51. The van der Waals surface area contributed by atoms with Gasteiger partial charge in [-0.25, -0.2) is 0 Å². The standard InChI is InChI=1S/C15H17N3O3/c1-17(9-7-13-4-2-3-8-16-13)15-6-5-14(18(20)21)10-12(15)11-19/h2-6,8,10,19H,7,9,11H2,1H3. The fourth-order valence-corrected chi connectivity index (χ4v) is 2.13. The second kappa shape index (κ2) is 6.81. The maximum absolute atomic E-state index is 10.8. The van der Waals surface area contributed by atoms with E-state index in [1.165, 1.54) is 12.1 Å². The molecule has 6 nitrogen and oxygen atoms in total. The van der Waals surface area contributed by atoms with E-state index in [0.29, 0.717) is 12.1 Å². The molecule has 0 aliphatic rings. The molecular formula is C15H17N3O3. The van der Waals surface area contributed by atoms with Crippen molar-refractivity contribution in [1.82, 2.24) is 4.98 Å². The molecule has 1 heterocycles. The Balaban J connectivity index is 2.11. The molecule has 0 saturated carbocycles. The van der Waals surface area contributed by atoms with Gasteiger partial charge >= 0.3 is 0 Å². The molecule has 0 spiro atoms. The lowest BCUT2D eigenvalue weighted by atomic mass is 10.1. The number of nitro benzene ring substituents is 1. The number of benzene rings is 1. The number of non-ortho nitro benzene ring substituents is 1. The van der Waals surface area contributed by atoms with Crippen LogP contribution in [-0.2, 0) is 13.0 Å². The monoisotopic (exact) mass is 287 g/mol. The number of anilines is 1. The molecule has 0 atom stereocenters. The third-order valence-electron chi connectivity index (χ3n) is 3.28. The maximum Gasteiger partial charge on any atom is 0.269 e. The zero-order valence-electron chi connectivity index (χ0n) is 11.8. The molecule has 0 aliphatic heterocycles. The van der Waals surface area contributed by atoms with E-state index in [9.17, 15) is 15.2 Å². The van der Waals surface area contributed by atoms with Crippen LogP contribution in [0, 0.1) is 10.1 Å². The first-order valence-corrected chi connectivity index (χ1v) is 6.61. The van der Waals surface area contributed by atoms with E-state index in [4.69, 9.17) is 0 Å². The molecule has 0 amide bonds. The van der Waals surface area contributed by atoms with Crippen LogP contribution in [0.25, 0.3) is 0 Å². The first kappa shape index (κ1) is 14.9. The van der Waals surface area contributed by atoms with Gasteiger partial charge in [0.05, 0.1) is 11.5 Å². The number of aromatic nitrogens is 1. The Labute approximate surface area is 122 Å². The van der Waals surface area contributed by atoms with Gasteiger partial charge in [-0.3, -0.25) is 15.1 Å². The first-order chi connectivity index (χ1) is 10.1. The van der Waals surface area contributed by atoms with Crippen LogP contribution in [-0.4, -0.2) is 28.6 Å². The van der Waals surface area contributed by atoms with Gasteiger partial charge in [-0.05, 0) is 18.2 Å². The highest BCUT2D eigenvalue weighted by molar-refractivity contribution is 5.57. The minimum atomic E-state index is -0.461. The third-order valence-corrected chi connectivity index (χ3v) is 3.28. The summed E-state index contributed by atoms with van der Waals surface area (Å²) in [6, 6.07) is 10.3. The second-order valence-corrected chi connectivity index (χ2v) is 4.72. The first-order valence-electron chi connectivity index (χ1n) is 6.61. The summed E-state index contributed by atoms with van der Waals surface area (Å²) in [5, 5.41) is 20.2. The molecule has 1 N–H and O–H groups in total. The van der Waals surface area contributed by atoms with Crippen LogP contribution in [0.5, 0.6) is 0 Å². The van der Waals surface area contributed by atoms with Crippen molar-refractivity contribution in [2.24, 2.45) is 0 Å². The molecule has 6 heteroatoms. The topological polar surface area (TPSA) is 79.5 Å². The molecule has 21 heavy (non-hydrogen) atoms. The van der Waals surface area contributed by atoms with Crippen molar-refractivity contribution >= 4 is 11.4 Å². The van der Waals surface area contributed by atoms with E-state index in [1.807, 2.05) is 30.1 Å². The molecular weight excluding hydrogens is 270 g/mol. The minimum Gasteiger partial charge on any atom is -0.392 e. The van der Waals surface area contributed by atoms with E-state index in [2.05, 4.69) is 4.98 Å². The van der Waals surface area contributed by atoms with Crippen LogP contribution in [0.15, 0.2) is 42.6 Å². The Morgan fingerprint density at radius 3 is 2.76 bits per heavy atom. The van der Waals surface area contributed by atoms with E-state index in [0.717, 1.165) is 17.8 Å². The summed E-state index contributed by atoms with van der Waals surface area (Å²) in [5.41, 5.74) is 2.31. The number of aliphatic hydroxyl groups is 1. The quantitative estimate of drug-likeness (QED) is 0.650. The number of likely N-dealkylation sites (N-methyl/N-ethyl adjacent to an activating group) is 1. The van der Waals surface area contributed by atoms with Crippen LogP contribution in [0.1, 0.15) is 11.3 Å². The zero-order valence-corrected chi connectivity index (χ0v) is 11.8.